The van der Waals surface area contributed by atoms with Crippen molar-refractivity contribution in [3.8, 4) is 0 Å². The van der Waals surface area contributed by atoms with Crippen LogP contribution in [0.2, 0.25) is 0 Å². The van der Waals surface area contributed by atoms with Crippen LogP contribution in [0.4, 0.5) is 0 Å². The second-order valence-electron chi connectivity index (χ2n) is 27.6. The van der Waals surface area contributed by atoms with Gasteiger partial charge in [0.2, 0.25) is 0 Å². The number of carbonyl (C=O) groups is 3. The summed E-state index contributed by atoms with van der Waals surface area (Å²) in [5.74, 6) is -2.07. The predicted molar refractivity (Wildman–Crippen MR) is 464 cm³/mol. The number of ether oxygens (including phenoxy) is 4. The fraction of sp³-hybridized carbons (Fsp3) is 0.520. The molecule has 1 N–H and O–H groups in total. The smallest absolute Gasteiger partial charge is 0.361 e. The van der Waals surface area contributed by atoms with E-state index in [0.717, 1.165) is 199 Å². The number of hydrogen-bond acceptors (Lipinski definition) is 7. The summed E-state index contributed by atoms with van der Waals surface area (Å²) in [6.45, 7) is 4.58. The molecule has 0 rings (SSSR count). The van der Waals surface area contributed by atoms with Crippen LogP contribution in [0.15, 0.2) is 267 Å². The summed E-state index contributed by atoms with van der Waals surface area (Å²) in [5.41, 5.74) is 0. The third-order valence-electron chi connectivity index (χ3n) is 16.5. The maximum absolute atomic E-state index is 13.0. The van der Waals surface area contributed by atoms with Gasteiger partial charge in [0.15, 0.2) is 6.10 Å². The Morgan fingerprint density at radius 1 is 0.280 bits per heavy atom. The molecule has 0 aliphatic rings. The van der Waals surface area contributed by atoms with Crippen molar-refractivity contribution in [2.24, 2.45) is 0 Å². The molecule has 0 heterocycles. The Kier molecular flexibility index (Phi) is 78.4. The quantitative estimate of drug-likeness (QED) is 0.0211. The SMILES string of the molecule is CC/C=C\C/C=C\C/C=C\C/C=C\C/C=C\C/C=C\C/C=C\C/C=C\C/C=C\C/C=C\C/C=C\C/C=C\CCCCCCC(=O)OC(COC(=O)CCCCCCCCCCCC/C=C\C/C=C\C/C=C\C/C=C\C/C=C\C/C=C\C/C=C\C/C=C\C/C=C\C/C=C\CC)COC(OCC[N+](C)(C)C)C(=O)O. The first-order valence-corrected chi connectivity index (χ1v) is 41.5. The molecule has 2 unspecified atom stereocenters. The summed E-state index contributed by atoms with van der Waals surface area (Å²) in [4.78, 5) is 37.8. The molecule has 9 heteroatoms. The zero-order valence-corrected chi connectivity index (χ0v) is 67.9. The number of allylic oxidation sites excluding steroid dienone is 44. The highest BCUT2D eigenvalue weighted by molar-refractivity contribution is 5.71. The van der Waals surface area contributed by atoms with Crippen molar-refractivity contribution in [3.05, 3.63) is 267 Å². The molecule has 0 radical (unpaired) electrons. The third-order valence-corrected chi connectivity index (χ3v) is 16.5. The second-order valence-corrected chi connectivity index (χ2v) is 27.6. The molecule has 0 aliphatic heterocycles. The minimum absolute atomic E-state index is 0.168. The van der Waals surface area contributed by atoms with E-state index in [1.54, 1.807) is 0 Å². The first kappa shape index (κ1) is 99.6. The average Bonchev–Trinajstić information content (AvgIpc) is 0.965. The molecule has 9 nitrogen and oxygen atoms in total. The summed E-state index contributed by atoms with van der Waals surface area (Å²) in [7, 11) is 5.95. The van der Waals surface area contributed by atoms with Crippen LogP contribution in [0.3, 0.4) is 0 Å². The summed E-state index contributed by atoms with van der Waals surface area (Å²) >= 11 is 0. The van der Waals surface area contributed by atoms with E-state index >= 15 is 0 Å². The van der Waals surface area contributed by atoms with E-state index in [2.05, 4.69) is 281 Å². The number of carboxylic acid groups (broad SMARTS) is 1. The molecule has 0 fully saturated rings. The topological polar surface area (TPSA) is 108 Å². The average molecular weight is 1470 g/mol. The number of nitrogens with zero attached hydrogens (tertiary/aromatic N) is 1. The minimum atomic E-state index is -1.54. The van der Waals surface area contributed by atoms with E-state index in [9.17, 15) is 19.5 Å². The molecule has 0 aromatic carbocycles. The highest BCUT2D eigenvalue weighted by atomic mass is 16.7. The Balaban J connectivity index is 4.21. The lowest BCUT2D eigenvalue weighted by molar-refractivity contribution is -0.870. The van der Waals surface area contributed by atoms with Crippen LogP contribution in [0.5, 0.6) is 0 Å². The van der Waals surface area contributed by atoms with E-state index in [1.165, 1.54) is 38.5 Å². The van der Waals surface area contributed by atoms with Crippen molar-refractivity contribution >= 4 is 17.9 Å². The molecule has 0 saturated heterocycles. The van der Waals surface area contributed by atoms with E-state index in [4.69, 9.17) is 18.9 Å². The van der Waals surface area contributed by atoms with Crippen molar-refractivity contribution in [3.63, 3.8) is 0 Å². The van der Waals surface area contributed by atoms with Crippen LogP contribution >= 0.6 is 0 Å². The Morgan fingerprint density at radius 3 is 0.748 bits per heavy atom. The maximum Gasteiger partial charge on any atom is 0.361 e. The Hall–Kier alpha value is -7.43. The molecule has 0 aliphatic carbocycles. The molecule has 594 valence electrons. The molecule has 107 heavy (non-hydrogen) atoms. The number of rotatable bonds is 73. The number of esters is 2. The van der Waals surface area contributed by atoms with Gasteiger partial charge in [-0.15, -0.1) is 0 Å². The van der Waals surface area contributed by atoms with Crippen molar-refractivity contribution in [2.75, 3.05) is 47.5 Å². The lowest BCUT2D eigenvalue weighted by Crippen LogP contribution is -2.40. The normalized spacial score (nSPS) is 14.1. The van der Waals surface area contributed by atoms with Crippen molar-refractivity contribution in [1.29, 1.82) is 0 Å². The van der Waals surface area contributed by atoms with Crippen LogP contribution in [0.25, 0.3) is 0 Å². The zero-order valence-electron chi connectivity index (χ0n) is 67.9. The van der Waals surface area contributed by atoms with Gasteiger partial charge in [0.1, 0.15) is 13.2 Å². The molecule has 2 atom stereocenters. The minimum Gasteiger partial charge on any atom is -0.477 e. The number of carboxylic acids is 1. The van der Waals surface area contributed by atoms with Gasteiger partial charge < -0.3 is 28.5 Å². The largest absolute Gasteiger partial charge is 0.477 e. The molecule has 0 aromatic heterocycles. The number of carbonyl (C=O) groups excluding carboxylic acids is 2. The maximum atomic E-state index is 13.0. The van der Waals surface area contributed by atoms with Crippen LogP contribution in [0, 0.1) is 0 Å². The number of likely N-dealkylation sites (N-methyl/N-ethyl adjacent to an activating group) is 1. The van der Waals surface area contributed by atoms with Crippen LogP contribution in [-0.4, -0.2) is 87.4 Å². The van der Waals surface area contributed by atoms with E-state index in [0.29, 0.717) is 17.4 Å². The predicted octanol–water partition coefficient (Wildman–Crippen LogP) is 27.5. The van der Waals surface area contributed by atoms with Gasteiger partial charge in [0, 0.05) is 12.8 Å². The van der Waals surface area contributed by atoms with Crippen LogP contribution in [0.1, 0.15) is 271 Å². The highest BCUT2D eigenvalue weighted by Crippen LogP contribution is 2.15. The van der Waals surface area contributed by atoms with Crippen LogP contribution < -0.4 is 0 Å². The fourth-order valence-corrected chi connectivity index (χ4v) is 10.3. The van der Waals surface area contributed by atoms with E-state index < -0.39 is 24.3 Å². The first-order valence-electron chi connectivity index (χ1n) is 41.5. The Bertz CT molecular complexity index is 2780. The van der Waals surface area contributed by atoms with Gasteiger partial charge >= 0.3 is 17.9 Å². The van der Waals surface area contributed by atoms with Crippen LogP contribution in [-0.2, 0) is 33.3 Å². The molecular weight excluding hydrogens is 1320 g/mol. The van der Waals surface area contributed by atoms with E-state index in [-0.39, 0.29) is 38.6 Å². The standard InChI is InChI=1S/C98H149NO8/c1-6-8-10-12-14-16-18-20-22-24-26-28-30-32-34-36-38-40-42-44-46-48-50-52-54-56-58-60-62-64-66-68-70-72-74-76-78-80-82-84-86-88-95(100)105-92-94(93-106-98(97(102)103)104-91-90-99(3,4)5)107-96(101)89-87-85-83-81-79-77-75-73-71-69-67-65-63-61-59-57-55-53-51-49-47-45-43-41-39-37-35-33-31-29-27-25-23-21-19-17-15-13-11-9-7-2/h8-11,14-17,20-23,26-29,32-35,38-41,44-47,50-53,56-59,62-65,69,71,75,77,94,98H,6-7,12-13,18-19,24-25,30-31,36-37,42-43,48-49,54-55,60-61,66-68,70,72-74,76,78-93H2,1-5H3/p+1/b10-8-,11-9-,16-14-,17-15-,22-20-,23-21-,28-26-,29-27-,34-32-,35-33-,40-38-,41-39-,46-44-,47-45-,52-50-,53-51-,58-56-,59-57-,64-62-,65-63-,71-69-,77-75-. The third kappa shape index (κ3) is 85.7. The summed E-state index contributed by atoms with van der Waals surface area (Å²) < 4.78 is 23.0. The number of quaternary nitrogens is 1. The monoisotopic (exact) mass is 1470 g/mol. The molecular formula is C98H150NO8+. The summed E-state index contributed by atoms with van der Waals surface area (Å²) in [6, 6.07) is 0. The Labute approximate surface area is 655 Å². The molecule has 0 amide bonds. The molecule has 0 spiro atoms. The second kappa shape index (κ2) is 84.2. The van der Waals surface area contributed by atoms with Gasteiger partial charge in [0.05, 0.1) is 34.4 Å². The lowest BCUT2D eigenvalue weighted by Gasteiger charge is -2.25. The number of hydrogen-bond donors (Lipinski definition) is 1. The fourth-order valence-electron chi connectivity index (χ4n) is 10.3. The number of unbranched alkanes of at least 4 members (excludes halogenated alkanes) is 14. The van der Waals surface area contributed by atoms with Crippen molar-refractivity contribution in [1.82, 2.24) is 0 Å². The molecule has 0 aromatic rings. The number of aliphatic carboxylic acids is 1. The summed E-state index contributed by atoms with van der Waals surface area (Å²) in [6.07, 6.45) is 135. The van der Waals surface area contributed by atoms with Gasteiger partial charge in [-0.1, -0.05) is 345 Å². The summed E-state index contributed by atoms with van der Waals surface area (Å²) in [5, 5.41) is 9.78. The Morgan fingerprint density at radius 2 is 0.505 bits per heavy atom. The van der Waals surface area contributed by atoms with Gasteiger partial charge in [-0.05, 0) is 180 Å². The van der Waals surface area contributed by atoms with Gasteiger partial charge in [0.25, 0.3) is 6.29 Å². The molecule has 0 bridgehead atoms. The zero-order chi connectivity index (χ0) is 77.4. The lowest BCUT2D eigenvalue weighted by atomic mass is 10.1. The van der Waals surface area contributed by atoms with Gasteiger partial charge in [-0.25, -0.2) is 4.79 Å². The van der Waals surface area contributed by atoms with Gasteiger partial charge in [-0.2, -0.15) is 0 Å². The van der Waals surface area contributed by atoms with Gasteiger partial charge in [-0.3, -0.25) is 9.59 Å². The van der Waals surface area contributed by atoms with Crippen molar-refractivity contribution < 1.29 is 42.9 Å². The van der Waals surface area contributed by atoms with Crippen molar-refractivity contribution in [2.45, 2.75) is 283 Å². The first-order chi connectivity index (χ1) is 52.6. The highest BCUT2D eigenvalue weighted by Gasteiger charge is 2.25. The molecule has 0 saturated carbocycles. The van der Waals surface area contributed by atoms with E-state index in [1.807, 2.05) is 21.1 Å².